The van der Waals surface area contributed by atoms with E-state index >= 15 is 0 Å². The summed E-state index contributed by atoms with van der Waals surface area (Å²) in [5.74, 6) is 0.0800. The van der Waals surface area contributed by atoms with Crippen molar-refractivity contribution in [3.05, 3.63) is 57.5 Å². The molecule has 0 amide bonds. The molecule has 0 saturated carbocycles. The Kier molecular flexibility index (Phi) is 7.15. The minimum absolute atomic E-state index is 0.0493. The van der Waals surface area contributed by atoms with E-state index in [1.165, 1.54) is 18.7 Å². The van der Waals surface area contributed by atoms with Gasteiger partial charge < -0.3 is 9.72 Å². The third-order valence-corrected chi connectivity index (χ3v) is 4.95. The van der Waals surface area contributed by atoms with E-state index in [2.05, 4.69) is 28.6 Å². The number of carbonyl (C=O) groups is 2. The molecule has 0 fully saturated rings. The summed E-state index contributed by atoms with van der Waals surface area (Å²) in [4.78, 5) is 42.1. The molecule has 7 heteroatoms. The number of rotatable bonds is 8. The number of esters is 1. The van der Waals surface area contributed by atoms with Crippen molar-refractivity contribution in [1.29, 1.82) is 0 Å². The molecule has 0 bridgehead atoms. The van der Waals surface area contributed by atoms with E-state index in [1.807, 2.05) is 24.3 Å². The van der Waals surface area contributed by atoms with Gasteiger partial charge in [0.1, 0.15) is 0 Å². The van der Waals surface area contributed by atoms with Gasteiger partial charge >= 0.3 is 5.97 Å². The smallest absolute Gasteiger partial charge is 0.311 e. The van der Waals surface area contributed by atoms with Crippen LogP contribution in [0.3, 0.4) is 0 Å². The van der Waals surface area contributed by atoms with Gasteiger partial charge in [0.15, 0.2) is 10.9 Å². The van der Waals surface area contributed by atoms with Crippen molar-refractivity contribution < 1.29 is 14.3 Å². The number of hydrogen-bond acceptors (Lipinski definition) is 6. The molecule has 1 aromatic heterocycles. The highest BCUT2D eigenvalue weighted by atomic mass is 32.2. The number of aromatic nitrogens is 2. The van der Waals surface area contributed by atoms with E-state index in [-0.39, 0.29) is 23.5 Å². The Morgan fingerprint density at radius 2 is 1.96 bits per heavy atom. The first-order valence-corrected chi connectivity index (χ1v) is 9.34. The molecule has 0 aliphatic carbocycles. The van der Waals surface area contributed by atoms with Crippen LogP contribution in [0.25, 0.3) is 0 Å². The number of Topliss-reactive ketones (excluding diaryl/α,β-unsaturated/α-hetero) is 1. The quantitative estimate of drug-likeness (QED) is 0.331. The maximum Gasteiger partial charge on any atom is 0.311 e. The van der Waals surface area contributed by atoms with Gasteiger partial charge in [-0.05, 0) is 17.9 Å². The average molecular weight is 374 g/mol. The van der Waals surface area contributed by atoms with Crippen LogP contribution in [0.15, 0.2) is 40.3 Å². The summed E-state index contributed by atoms with van der Waals surface area (Å²) >= 11 is 1.13. The van der Waals surface area contributed by atoms with Gasteiger partial charge in [-0.2, -0.15) is 0 Å². The Morgan fingerprint density at radius 1 is 1.27 bits per heavy atom. The number of nitrogens with zero attached hydrogens (tertiary/aromatic N) is 1. The highest BCUT2D eigenvalue weighted by molar-refractivity contribution is 7.99. The van der Waals surface area contributed by atoms with Crippen LogP contribution in [-0.2, 0) is 16.0 Å². The van der Waals surface area contributed by atoms with Crippen LogP contribution in [0.1, 0.15) is 47.8 Å². The molecule has 1 N–H and O–H groups in total. The lowest BCUT2D eigenvalue weighted by molar-refractivity contribution is -0.139. The van der Waals surface area contributed by atoms with Crippen molar-refractivity contribution >= 4 is 23.5 Å². The summed E-state index contributed by atoms with van der Waals surface area (Å²) in [7, 11) is 1.27. The summed E-state index contributed by atoms with van der Waals surface area (Å²) < 4.78 is 4.57. The largest absolute Gasteiger partial charge is 0.469 e. The number of nitrogens with one attached hydrogen (secondary N) is 1. The number of hydrogen-bond donors (Lipinski definition) is 1. The number of H-pyrrole nitrogens is 1. The summed E-state index contributed by atoms with van der Waals surface area (Å²) in [6.07, 6.45) is 0.961. The number of benzene rings is 1. The topological polar surface area (TPSA) is 89.1 Å². The van der Waals surface area contributed by atoms with Gasteiger partial charge in [0, 0.05) is 11.6 Å². The van der Waals surface area contributed by atoms with E-state index in [9.17, 15) is 14.4 Å². The Morgan fingerprint density at radius 3 is 2.58 bits per heavy atom. The third-order valence-electron chi connectivity index (χ3n) is 4.08. The molecule has 2 rings (SSSR count). The van der Waals surface area contributed by atoms with Crippen molar-refractivity contribution in [3.63, 3.8) is 0 Å². The molecule has 26 heavy (non-hydrogen) atoms. The van der Waals surface area contributed by atoms with E-state index in [0.29, 0.717) is 22.3 Å². The van der Waals surface area contributed by atoms with Crippen LogP contribution < -0.4 is 5.56 Å². The fraction of sp³-hybridized carbons (Fsp3) is 0.368. The lowest BCUT2D eigenvalue weighted by Crippen LogP contribution is -2.14. The SMILES string of the molecule is CC[C@H](C)c1ccc(C(=O)CSc2nc(CC(=O)OC)cc(=O)[nH]2)cc1. The zero-order valence-corrected chi connectivity index (χ0v) is 15.9. The molecule has 0 unspecified atom stereocenters. The van der Waals surface area contributed by atoms with Crippen LogP contribution in [0.2, 0.25) is 0 Å². The van der Waals surface area contributed by atoms with E-state index < -0.39 is 5.97 Å². The molecular formula is C19H22N2O4S. The van der Waals surface area contributed by atoms with Crippen molar-refractivity contribution in [1.82, 2.24) is 9.97 Å². The molecule has 0 spiro atoms. The highest BCUT2D eigenvalue weighted by Gasteiger charge is 2.11. The summed E-state index contributed by atoms with van der Waals surface area (Å²) in [6, 6.07) is 8.85. The van der Waals surface area contributed by atoms with Gasteiger partial charge in [-0.3, -0.25) is 14.4 Å². The Bertz CT molecular complexity index is 830. The minimum atomic E-state index is -0.475. The number of methoxy groups -OCH3 is 1. The second-order valence-electron chi connectivity index (χ2n) is 5.94. The zero-order valence-electron chi connectivity index (χ0n) is 15.1. The number of carbonyl (C=O) groups excluding carboxylic acids is 2. The molecular weight excluding hydrogens is 352 g/mol. The molecule has 1 heterocycles. The minimum Gasteiger partial charge on any atom is -0.469 e. The van der Waals surface area contributed by atoms with Crippen molar-refractivity contribution in [2.75, 3.05) is 12.9 Å². The van der Waals surface area contributed by atoms with Gasteiger partial charge in [0.2, 0.25) is 0 Å². The predicted octanol–water partition coefficient (Wildman–Crippen LogP) is 2.97. The second kappa shape index (κ2) is 9.33. The van der Waals surface area contributed by atoms with Gasteiger partial charge in [-0.15, -0.1) is 0 Å². The number of thioether (sulfide) groups is 1. The number of ether oxygens (including phenoxy) is 1. The Labute approximate surface area is 156 Å². The average Bonchev–Trinajstić information content (AvgIpc) is 2.65. The van der Waals surface area contributed by atoms with E-state index in [1.54, 1.807) is 0 Å². The normalized spacial score (nSPS) is 11.8. The first-order valence-electron chi connectivity index (χ1n) is 8.36. The van der Waals surface area contributed by atoms with Crippen molar-refractivity contribution in [2.45, 2.75) is 37.8 Å². The zero-order chi connectivity index (χ0) is 19.1. The molecule has 0 aliphatic rings. The maximum absolute atomic E-state index is 12.3. The van der Waals surface area contributed by atoms with Gasteiger partial charge in [0.25, 0.3) is 5.56 Å². The van der Waals surface area contributed by atoms with Crippen LogP contribution in [-0.4, -0.2) is 34.6 Å². The predicted molar refractivity (Wildman–Crippen MR) is 101 cm³/mol. The first kappa shape index (κ1) is 19.9. The van der Waals surface area contributed by atoms with Gasteiger partial charge in [0.05, 0.1) is 25.0 Å². The molecule has 1 atom stereocenters. The van der Waals surface area contributed by atoms with Crippen LogP contribution in [0.4, 0.5) is 0 Å². The molecule has 1 aromatic carbocycles. The van der Waals surface area contributed by atoms with Crippen LogP contribution in [0.5, 0.6) is 0 Å². The number of ketones is 1. The van der Waals surface area contributed by atoms with Crippen LogP contribution in [0, 0.1) is 0 Å². The highest BCUT2D eigenvalue weighted by Crippen LogP contribution is 2.20. The lowest BCUT2D eigenvalue weighted by Gasteiger charge is -2.09. The van der Waals surface area contributed by atoms with Gasteiger partial charge in [-0.1, -0.05) is 49.9 Å². The lowest BCUT2D eigenvalue weighted by atomic mass is 9.97. The molecule has 6 nitrogen and oxygen atoms in total. The fourth-order valence-electron chi connectivity index (χ4n) is 2.31. The van der Waals surface area contributed by atoms with Crippen LogP contribution >= 0.6 is 11.8 Å². The van der Waals surface area contributed by atoms with Crippen molar-refractivity contribution in [2.24, 2.45) is 0 Å². The Balaban J connectivity index is 2.02. The molecule has 0 radical (unpaired) electrons. The van der Waals surface area contributed by atoms with Crippen molar-refractivity contribution in [3.8, 4) is 0 Å². The summed E-state index contributed by atoms with van der Waals surface area (Å²) in [6.45, 7) is 4.28. The monoisotopic (exact) mass is 374 g/mol. The van der Waals surface area contributed by atoms with Gasteiger partial charge in [-0.25, -0.2) is 4.98 Å². The second-order valence-corrected chi connectivity index (χ2v) is 6.90. The Hall–Kier alpha value is -2.41. The number of aromatic amines is 1. The summed E-state index contributed by atoms with van der Waals surface area (Å²) in [5, 5.41) is 0.306. The fourth-order valence-corrected chi connectivity index (χ4v) is 3.10. The summed E-state index contributed by atoms with van der Waals surface area (Å²) in [5.41, 5.74) is 1.77. The third kappa shape index (κ3) is 5.56. The molecule has 138 valence electrons. The maximum atomic E-state index is 12.3. The molecule has 0 aliphatic heterocycles. The first-order chi connectivity index (χ1) is 12.4. The molecule has 2 aromatic rings. The standard InChI is InChI=1S/C19H22N2O4S/c1-4-12(2)13-5-7-14(8-6-13)16(22)11-26-19-20-15(9-17(23)21-19)10-18(24)25-3/h5-9,12H,4,10-11H2,1-3H3,(H,20,21,23)/t12-/m0/s1. The van der Waals surface area contributed by atoms with E-state index in [0.717, 1.165) is 18.2 Å². The molecule has 0 saturated heterocycles. The van der Waals surface area contributed by atoms with E-state index in [4.69, 9.17) is 0 Å².